The monoisotopic (exact) mass is 372 g/mol. The Balaban J connectivity index is 1.58. The normalized spacial score (nSPS) is 14.5. The van der Waals surface area contributed by atoms with Crippen molar-refractivity contribution in [2.45, 2.75) is 39.3 Å². The van der Waals surface area contributed by atoms with Gasteiger partial charge in [0.05, 0.1) is 0 Å². The predicted molar refractivity (Wildman–Crippen MR) is 105 cm³/mol. The van der Waals surface area contributed by atoms with Crippen molar-refractivity contribution in [2.24, 2.45) is 0 Å². The number of carbonyl (C=O) groups is 1. The van der Waals surface area contributed by atoms with E-state index < -0.39 is 0 Å². The highest BCUT2D eigenvalue weighted by molar-refractivity contribution is 6.30. The van der Waals surface area contributed by atoms with Crippen LogP contribution in [0.25, 0.3) is 0 Å². The van der Waals surface area contributed by atoms with Gasteiger partial charge in [-0.1, -0.05) is 23.7 Å². The van der Waals surface area contributed by atoms with E-state index in [1.807, 2.05) is 6.07 Å². The molecule has 5 heteroatoms. The van der Waals surface area contributed by atoms with Gasteiger partial charge in [0, 0.05) is 34.8 Å². The molecule has 4 nitrogen and oxygen atoms in total. The number of amides is 1. The Morgan fingerprint density at radius 1 is 1.19 bits per heavy atom. The van der Waals surface area contributed by atoms with Crippen LogP contribution in [-0.4, -0.2) is 29.6 Å². The molecule has 0 atom stereocenters. The fourth-order valence-corrected chi connectivity index (χ4v) is 3.03. The predicted octanol–water partition coefficient (Wildman–Crippen LogP) is 4.26. The lowest BCUT2D eigenvalue weighted by molar-refractivity contribution is 0.0217. The molecule has 0 aromatic heterocycles. The van der Waals surface area contributed by atoms with Crippen LogP contribution < -0.4 is 10.1 Å². The maximum Gasteiger partial charge on any atom is 0.251 e. The van der Waals surface area contributed by atoms with Gasteiger partial charge in [0.25, 0.3) is 5.91 Å². The summed E-state index contributed by atoms with van der Waals surface area (Å²) in [5.41, 5.74) is 3.08. The molecule has 0 spiro atoms. The van der Waals surface area contributed by atoms with Crippen molar-refractivity contribution in [1.29, 1.82) is 0 Å². The van der Waals surface area contributed by atoms with Crippen molar-refractivity contribution in [1.82, 2.24) is 10.2 Å². The third kappa shape index (κ3) is 4.57. The smallest absolute Gasteiger partial charge is 0.251 e. The number of carbonyl (C=O) groups excluding carboxylic acids is 1. The number of nitrogens with one attached hydrogen (secondary N) is 1. The summed E-state index contributed by atoms with van der Waals surface area (Å²) < 4.78 is 5.87. The highest BCUT2D eigenvalue weighted by Gasteiger charge is 2.26. The zero-order valence-electron chi connectivity index (χ0n) is 15.5. The molecule has 26 heavy (non-hydrogen) atoms. The van der Waals surface area contributed by atoms with E-state index >= 15 is 0 Å². The van der Waals surface area contributed by atoms with Crippen LogP contribution in [0.1, 0.15) is 42.3 Å². The van der Waals surface area contributed by atoms with Gasteiger partial charge in [-0.2, -0.15) is 0 Å². The summed E-state index contributed by atoms with van der Waals surface area (Å²) in [7, 11) is 0. The first-order valence-corrected chi connectivity index (χ1v) is 9.24. The Bertz CT molecular complexity index is 782. The second-order valence-electron chi connectivity index (χ2n) is 7.60. The van der Waals surface area contributed by atoms with Gasteiger partial charge in [-0.25, -0.2) is 0 Å². The molecule has 0 fully saturated rings. The molecule has 1 heterocycles. The van der Waals surface area contributed by atoms with Gasteiger partial charge < -0.3 is 10.1 Å². The summed E-state index contributed by atoms with van der Waals surface area (Å²) in [4.78, 5) is 14.5. The molecule has 0 unspecified atom stereocenters. The van der Waals surface area contributed by atoms with Crippen molar-refractivity contribution >= 4 is 17.5 Å². The number of hydrogen-bond donors (Lipinski definition) is 1. The lowest BCUT2D eigenvalue weighted by atomic mass is 10.0. The van der Waals surface area contributed by atoms with E-state index in [0.29, 0.717) is 23.9 Å². The molecule has 1 aliphatic heterocycles. The average Bonchev–Trinajstić information content (AvgIpc) is 2.61. The Labute approximate surface area is 160 Å². The van der Waals surface area contributed by atoms with Crippen LogP contribution in [0.15, 0.2) is 42.5 Å². The number of fused-ring (bicyclic) bond motifs is 1. The molecule has 138 valence electrons. The van der Waals surface area contributed by atoms with Crippen molar-refractivity contribution in [3.63, 3.8) is 0 Å². The molecule has 0 bridgehead atoms. The Hall–Kier alpha value is -2.04. The number of benzene rings is 2. The molecule has 0 saturated carbocycles. The second kappa shape index (κ2) is 7.68. The fourth-order valence-electron chi connectivity index (χ4n) is 2.91. The minimum atomic E-state index is -0.0816. The van der Waals surface area contributed by atoms with E-state index in [1.54, 1.807) is 24.3 Å². The number of ether oxygens (including phenoxy) is 1. The van der Waals surface area contributed by atoms with Crippen LogP contribution in [0.2, 0.25) is 5.02 Å². The molecular weight excluding hydrogens is 348 g/mol. The molecule has 2 aromatic carbocycles. The molecule has 0 radical (unpaired) electrons. The van der Waals surface area contributed by atoms with Gasteiger partial charge in [0.15, 0.2) is 0 Å². The fraction of sp³-hybridized carbons (Fsp3) is 0.381. The van der Waals surface area contributed by atoms with Crippen molar-refractivity contribution in [2.75, 3.05) is 13.3 Å². The quantitative estimate of drug-likeness (QED) is 0.871. The summed E-state index contributed by atoms with van der Waals surface area (Å²) in [5, 5.41) is 3.58. The molecule has 1 aliphatic rings. The van der Waals surface area contributed by atoms with Crippen LogP contribution >= 0.6 is 11.6 Å². The van der Waals surface area contributed by atoms with Crippen LogP contribution in [0.5, 0.6) is 5.75 Å². The van der Waals surface area contributed by atoms with Gasteiger partial charge in [-0.3, -0.25) is 9.69 Å². The van der Waals surface area contributed by atoms with Gasteiger partial charge >= 0.3 is 0 Å². The van der Waals surface area contributed by atoms with E-state index in [4.69, 9.17) is 16.3 Å². The van der Waals surface area contributed by atoms with Gasteiger partial charge in [0.2, 0.25) is 0 Å². The molecule has 2 aromatic rings. The zero-order valence-corrected chi connectivity index (χ0v) is 16.3. The molecule has 1 N–H and O–H groups in total. The SMILES string of the molecule is CC(C)(C)N1COc2ccc(CCNC(=O)c3ccc(Cl)cc3)cc2C1. The third-order valence-corrected chi connectivity index (χ3v) is 4.87. The van der Waals surface area contributed by atoms with Crippen LogP contribution in [0.3, 0.4) is 0 Å². The van der Waals surface area contributed by atoms with Gasteiger partial charge in [-0.05, 0) is 63.1 Å². The van der Waals surface area contributed by atoms with E-state index in [0.717, 1.165) is 18.7 Å². The highest BCUT2D eigenvalue weighted by Crippen LogP contribution is 2.29. The summed E-state index contributed by atoms with van der Waals surface area (Å²) in [6.07, 6.45) is 0.780. The van der Waals surface area contributed by atoms with Crippen LogP contribution in [0, 0.1) is 0 Å². The molecule has 0 saturated heterocycles. The number of hydrogen-bond acceptors (Lipinski definition) is 3. The summed E-state index contributed by atoms with van der Waals surface area (Å²) in [6.45, 7) is 8.66. The zero-order chi connectivity index (χ0) is 18.7. The summed E-state index contributed by atoms with van der Waals surface area (Å²) >= 11 is 5.85. The Kier molecular flexibility index (Phi) is 5.54. The molecule has 0 aliphatic carbocycles. The average molecular weight is 373 g/mol. The lowest BCUT2D eigenvalue weighted by Crippen LogP contribution is -2.45. The van der Waals surface area contributed by atoms with E-state index in [2.05, 4.69) is 43.1 Å². The molecule has 3 rings (SSSR count). The first kappa shape index (κ1) is 18.7. The van der Waals surface area contributed by atoms with E-state index in [1.165, 1.54) is 11.1 Å². The van der Waals surface area contributed by atoms with Gasteiger partial charge in [0.1, 0.15) is 12.5 Å². The minimum absolute atomic E-state index is 0.0697. The minimum Gasteiger partial charge on any atom is -0.478 e. The van der Waals surface area contributed by atoms with Crippen molar-refractivity contribution in [3.8, 4) is 5.75 Å². The Morgan fingerprint density at radius 3 is 2.62 bits per heavy atom. The van der Waals surface area contributed by atoms with E-state index in [-0.39, 0.29) is 11.4 Å². The van der Waals surface area contributed by atoms with E-state index in [9.17, 15) is 4.79 Å². The van der Waals surface area contributed by atoms with Crippen molar-refractivity contribution < 1.29 is 9.53 Å². The maximum atomic E-state index is 12.2. The van der Waals surface area contributed by atoms with Crippen LogP contribution in [0.4, 0.5) is 0 Å². The molecule has 1 amide bonds. The number of nitrogens with zero attached hydrogens (tertiary/aromatic N) is 1. The largest absolute Gasteiger partial charge is 0.478 e. The topological polar surface area (TPSA) is 41.6 Å². The Morgan fingerprint density at radius 2 is 1.92 bits per heavy atom. The number of halogens is 1. The standard InChI is InChI=1S/C21H25ClN2O2/c1-21(2,3)24-13-17-12-15(4-9-19(17)26-14-24)10-11-23-20(25)16-5-7-18(22)8-6-16/h4-9,12H,10-11,13-14H2,1-3H3,(H,23,25). The first-order chi connectivity index (χ1) is 12.3. The molecular formula is C21H25ClN2O2. The highest BCUT2D eigenvalue weighted by atomic mass is 35.5. The van der Waals surface area contributed by atoms with Gasteiger partial charge in [-0.15, -0.1) is 0 Å². The maximum absolute atomic E-state index is 12.2. The first-order valence-electron chi connectivity index (χ1n) is 8.86. The summed E-state index contributed by atoms with van der Waals surface area (Å²) in [6, 6.07) is 13.2. The van der Waals surface area contributed by atoms with Crippen LogP contribution in [-0.2, 0) is 13.0 Å². The third-order valence-electron chi connectivity index (χ3n) is 4.62. The lowest BCUT2D eigenvalue weighted by Gasteiger charge is -2.38. The number of rotatable bonds is 4. The van der Waals surface area contributed by atoms with Crippen molar-refractivity contribution in [3.05, 3.63) is 64.2 Å². The summed E-state index contributed by atoms with van der Waals surface area (Å²) in [5.74, 6) is 0.876. The second-order valence-corrected chi connectivity index (χ2v) is 8.03.